The van der Waals surface area contributed by atoms with E-state index in [-0.39, 0.29) is 17.9 Å². The van der Waals surface area contributed by atoms with Gasteiger partial charge in [0.25, 0.3) is 0 Å². The Morgan fingerprint density at radius 2 is 1.74 bits per heavy atom. The van der Waals surface area contributed by atoms with E-state index in [0.717, 1.165) is 29.7 Å². The first-order chi connectivity index (χ1) is 12.9. The zero-order valence-corrected chi connectivity index (χ0v) is 16.0. The van der Waals surface area contributed by atoms with Crippen LogP contribution in [0.1, 0.15) is 24.0 Å². The molecule has 0 spiro atoms. The third-order valence-electron chi connectivity index (χ3n) is 4.61. The molecule has 0 aromatic heterocycles. The number of hydrogen-bond donors (Lipinski definition) is 3. The Morgan fingerprint density at radius 1 is 1.04 bits per heavy atom. The SMILES string of the molecule is Cc1ccc(NC(=O)C2CC2)cc1NC(=O)NCc1ccc(N(C)C)cc1. The molecule has 6 nitrogen and oxygen atoms in total. The fourth-order valence-electron chi connectivity index (χ4n) is 2.69. The minimum Gasteiger partial charge on any atom is -0.378 e. The number of anilines is 3. The molecule has 0 saturated heterocycles. The van der Waals surface area contributed by atoms with Gasteiger partial charge in [0, 0.05) is 43.6 Å². The molecule has 1 fully saturated rings. The number of nitrogens with zero attached hydrogens (tertiary/aromatic N) is 1. The monoisotopic (exact) mass is 366 g/mol. The van der Waals surface area contributed by atoms with Crippen molar-refractivity contribution in [1.82, 2.24) is 5.32 Å². The molecule has 1 aliphatic carbocycles. The summed E-state index contributed by atoms with van der Waals surface area (Å²) in [4.78, 5) is 26.2. The lowest BCUT2D eigenvalue weighted by atomic mass is 10.1. The second-order valence-electron chi connectivity index (χ2n) is 7.16. The van der Waals surface area contributed by atoms with Crippen LogP contribution in [0.4, 0.5) is 21.9 Å². The lowest BCUT2D eigenvalue weighted by Crippen LogP contribution is -2.28. The van der Waals surface area contributed by atoms with E-state index in [1.165, 1.54) is 0 Å². The summed E-state index contributed by atoms with van der Waals surface area (Å²) >= 11 is 0. The molecule has 2 aromatic rings. The molecule has 0 bridgehead atoms. The predicted molar refractivity (Wildman–Crippen MR) is 109 cm³/mol. The number of urea groups is 1. The summed E-state index contributed by atoms with van der Waals surface area (Å²) in [5.41, 5.74) is 4.46. The normalized spacial score (nSPS) is 13.0. The predicted octanol–water partition coefficient (Wildman–Crippen LogP) is 3.73. The average molecular weight is 366 g/mol. The fourth-order valence-corrected chi connectivity index (χ4v) is 2.69. The average Bonchev–Trinajstić information content (AvgIpc) is 3.48. The molecule has 0 aliphatic heterocycles. The summed E-state index contributed by atoms with van der Waals surface area (Å²) in [6, 6.07) is 13.3. The van der Waals surface area contributed by atoms with Crippen molar-refractivity contribution in [3.63, 3.8) is 0 Å². The Labute approximate surface area is 159 Å². The summed E-state index contributed by atoms with van der Waals surface area (Å²) in [7, 11) is 3.98. The highest BCUT2D eigenvalue weighted by molar-refractivity contribution is 5.96. The Kier molecular flexibility index (Phi) is 5.64. The smallest absolute Gasteiger partial charge is 0.319 e. The number of aryl methyl sites for hydroxylation is 1. The van der Waals surface area contributed by atoms with E-state index >= 15 is 0 Å². The van der Waals surface area contributed by atoms with Crippen LogP contribution in [0.25, 0.3) is 0 Å². The van der Waals surface area contributed by atoms with Crippen molar-refractivity contribution in [1.29, 1.82) is 0 Å². The largest absolute Gasteiger partial charge is 0.378 e. The van der Waals surface area contributed by atoms with Crippen molar-refractivity contribution in [2.45, 2.75) is 26.3 Å². The molecule has 3 amide bonds. The number of carbonyl (C=O) groups is 2. The molecular formula is C21H26N4O2. The number of hydrogen-bond acceptors (Lipinski definition) is 3. The summed E-state index contributed by atoms with van der Waals surface area (Å²) in [6.07, 6.45) is 1.92. The van der Waals surface area contributed by atoms with Gasteiger partial charge in [0.15, 0.2) is 0 Å². The minimum atomic E-state index is -0.277. The second-order valence-corrected chi connectivity index (χ2v) is 7.16. The zero-order valence-electron chi connectivity index (χ0n) is 16.0. The van der Waals surface area contributed by atoms with E-state index in [4.69, 9.17) is 0 Å². The summed E-state index contributed by atoms with van der Waals surface area (Å²) < 4.78 is 0. The van der Waals surface area contributed by atoms with Crippen LogP contribution < -0.4 is 20.9 Å². The molecule has 0 unspecified atom stereocenters. The molecule has 3 N–H and O–H groups in total. The van der Waals surface area contributed by atoms with E-state index in [2.05, 4.69) is 16.0 Å². The first kappa shape index (κ1) is 18.8. The summed E-state index contributed by atoms with van der Waals surface area (Å²) in [5.74, 6) is 0.195. The van der Waals surface area contributed by atoms with E-state index in [0.29, 0.717) is 17.9 Å². The third kappa shape index (κ3) is 5.23. The highest BCUT2D eigenvalue weighted by Gasteiger charge is 2.29. The Morgan fingerprint density at radius 3 is 2.37 bits per heavy atom. The molecule has 0 radical (unpaired) electrons. The fraction of sp³-hybridized carbons (Fsp3) is 0.333. The van der Waals surface area contributed by atoms with Gasteiger partial charge in [-0.2, -0.15) is 0 Å². The van der Waals surface area contributed by atoms with Crippen LogP contribution in [0, 0.1) is 12.8 Å². The van der Waals surface area contributed by atoms with E-state index in [1.807, 2.05) is 62.3 Å². The van der Waals surface area contributed by atoms with Crippen LogP contribution in [0.5, 0.6) is 0 Å². The van der Waals surface area contributed by atoms with Crippen LogP contribution in [-0.2, 0) is 11.3 Å². The first-order valence-corrected chi connectivity index (χ1v) is 9.15. The maximum absolute atomic E-state index is 12.2. The Bertz CT molecular complexity index is 827. The number of amides is 3. The molecule has 1 saturated carbocycles. The number of benzene rings is 2. The van der Waals surface area contributed by atoms with Gasteiger partial charge in [0.1, 0.15) is 0 Å². The van der Waals surface area contributed by atoms with Gasteiger partial charge in [-0.05, 0) is 55.2 Å². The van der Waals surface area contributed by atoms with Gasteiger partial charge in [0.2, 0.25) is 5.91 Å². The van der Waals surface area contributed by atoms with Crippen molar-refractivity contribution in [3.8, 4) is 0 Å². The number of nitrogens with one attached hydrogen (secondary N) is 3. The van der Waals surface area contributed by atoms with E-state index in [9.17, 15) is 9.59 Å². The van der Waals surface area contributed by atoms with Crippen LogP contribution in [0.3, 0.4) is 0 Å². The highest BCUT2D eigenvalue weighted by atomic mass is 16.2. The molecule has 27 heavy (non-hydrogen) atoms. The van der Waals surface area contributed by atoms with Gasteiger partial charge in [-0.3, -0.25) is 4.79 Å². The van der Waals surface area contributed by atoms with Crippen molar-refractivity contribution in [2.75, 3.05) is 29.6 Å². The van der Waals surface area contributed by atoms with Gasteiger partial charge in [-0.25, -0.2) is 4.79 Å². The molecular weight excluding hydrogens is 340 g/mol. The van der Waals surface area contributed by atoms with Crippen LogP contribution >= 0.6 is 0 Å². The van der Waals surface area contributed by atoms with Gasteiger partial charge in [0.05, 0.1) is 0 Å². The van der Waals surface area contributed by atoms with Crippen LogP contribution in [0.2, 0.25) is 0 Å². The van der Waals surface area contributed by atoms with E-state index < -0.39 is 0 Å². The molecule has 3 rings (SSSR count). The lowest BCUT2D eigenvalue weighted by molar-refractivity contribution is -0.117. The molecule has 0 heterocycles. The minimum absolute atomic E-state index is 0.0513. The van der Waals surface area contributed by atoms with E-state index in [1.54, 1.807) is 6.07 Å². The molecule has 1 aliphatic rings. The summed E-state index contributed by atoms with van der Waals surface area (Å²) in [6.45, 7) is 2.36. The van der Waals surface area contributed by atoms with Gasteiger partial charge < -0.3 is 20.9 Å². The maximum Gasteiger partial charge on any atom is 0.319 e. The van der Waals surface area contributed by atoms with Crippen LogP contribution in [-0.4, -0.2) is 26.0 Å². The Balaban J connectivity index is 1.55. The topological polar surface area (TPSA) is 73.5 Å². The zero-order chi connectivity index (χ0) is 19.4. The second kappa shape index (κ2) is 8.12. The lowest BCUT2D eigenvalue weighted by Gasteiger charge is -2.14. The van der Waals surface area contributed by atoms with Gasteiger partial charge in [-0.1, -0.05) is 18.2 Å². The molecule has 2 aromatic carbocycles. The van der Waals surface area contributed by atoms with Crippen molar-refractivity contribution in [3.05, 3.63) is 53.6 Å². The molecule has 142 valence electrons. The molecule has 6 heteroatoms. The maximum atomic E-state index is 12.2. The van der Waals surface area contributed by atoms with Gasteiger partial charge >= 0.3 is 6.03 Å². The van der Waals surface area contributed by atoms with Crippen LogP contribution in [0.15, 0.2) is 42.5 Å². The van der Waals surface area contributed by atoms with Crippen molar-refractivity contribution >= 4 is 29.0 Å². The first-order valence-electron chi connectivity index (χ1n) is 9.15. The quantitative estimate of drug-likeness (QED) is 0.729. The highest BCUT2D eigenvalue weighted by Crippen LogP contribution is 2.30. The number of rotatable bonds is 6. The summed E-state index contributed by atoms with van der Waals surface area (Å²) in [5, 5.41) is 8.62. The standard InChI is InChI=1S/C21H26N4O2/c1-14-4-9-17(23-20(26)16-7-8-16)12-19(14)24-21(27)22-13-15-5-10-18(11-6-15)25(2)3/h4-6,9-12,16H,7-8,13H2,1-3H3,(H,23,26)(H2,22,24,27). The van der Waals surface area contributed by atoms with Crippen molar-refractivity contribution in [2.24, 2.45) is 5.92 Å². The van der Waals surface area contributed by atoms with Gasteiger partial charge in [-0.15, -0.1) is 0 Å². The third-order valence-corrected chi connectivity index (χ3v) is 4.61. The molecule has 0 atom stereocenters. The van der Waals surface area contributed by atoms with Crippen molar-refractivity contribution < 1.29 is 9.59 Å². The Hall–Kier alpha value is -3.02. The number of carbonyl (C=O) groups excluding carboxylic acids is 2.